The quantitative estimate of drug-likeness (QED) is 0.887. The van der Waals surface area contributed by atoms with E-state index in [1.165, 1.54) is 7.11 Å². The van der Waals surface area contributed by atoms with E-state index in [1.54, 1.807) is 23.1 Å². The normalized spacial score (nSPS) is 21.9. The summed E-state index contributed by atoms with van der Waals surface area (Å²) in [6.45, 7) is 3.52. The highest BCUT2D eigenvalue weighted by molar-refractivity contribution is 5.82. The molecule has 1 amide bonds. The number of nitrogens with zero attached hydrogens (tertiary/aromatic N) is 1. The molecular formula is C16H24N2O3. The summed E-state index contributed by atoms with van der Waals surface area (Å²) in [4.78, 5) is 14.2. The minimum atomic E-state index is -0.0947. The van der Waals surface area contributed by atoms with Gasteiger partial charge in [-0.25, -0.2) is 0 Å². The molecule has 1 aliphatic heterocycles. The average molecular weight is 292 g/mol. The van der Waals surface area contributed by atoms with E-state index in [0.717, 1.165) is 24.9 Å². The second-order valence-electron chi connectivity index (χ2n) is 5.75. The Morgan fingerprint density at radius 1 is 1.52 bits per heavy atom. The van der Waals surface area contributed by atoms with Crippen molar-refractivity contribution in [3.63, 3.8) is 0 Å². The maximum absolute atomic E-state index is 12.5. The zero-order valence-electron chi connectivity index (χ0n) is 12.9. The van der Waals surface area contributed by atoms with Crippen molar-refractivity contribution in [3.8, 4) is 11.5 Å². The number of phenols is 1. The summed E-state index contributed by atoms with van der Waals surface area (Å²) < 4.78 is 5.10. The average Bonchev–Trinajstić information content (AvgIpc) is 2.49. The summed E-state index contributed by atoms with van der Waals surface area (Å²) in [7, 11) is 3.33. The number of hydrogen-bond donors (Lipinski definition) is 2. The fourth-order valence-corrected chi connectivity index (χ4v) is 2.79. The Morgan fingerprint density at radius 3 is 2.95 bits per heavy atom. The number of methoxy groups -OCH3 is 1. The lowest BCUT2D eigenvalue weighted by Gasteiger charge is -2.32. The number of rotatable bonds is 4. The van der Waals surface area contributed by atoms with Gasteiger partial charge in [0, 0.05) is 13.6 Å². The van der Waals surface area contributed by atoms with Crippen molar-refractivity contribution in [1.82, 2.24) is 10.2 Å². The van der Waals surface area contributed by atoms with Crippen molar-refractivity contribution in [2.75, 3.05) is 20.7 Å². The Kier molecular flexibility index (Phi) is 5.07. The van der Waals surface area contributed by atoms with Crippen molar-refractivity contribution in [2.45, 2.75) is 32.4 Å². The molecule has 2 atom stereocenters. The first-order valence-electron chi connectivity index (χ1n) is 7.37. The number of carbonyl (C=O) groups is 1. The molecular weight excluding hydrogens is 268 g/mol. The van der Waals surface area contributed by atoms with Crippen LogP contribution in [0.5, 0.6) is 11.5 Å². The van der Waals surface area contributed by atoms with Gasteiger partial charge in [0.2, 0.25) is 5.91 Å². The molecule has 1 aliphatic rings. The standard InChI is InChI=1S/C16H24N2O3/c1-11-5-4-8-17-15(11)16(20)18(2)10-12-6-7-13(19)14(9-12)21-3/h6-7,9,11,15,17,19H,4-5,8,10H2,1-3H3. The Hall–Kier alpha value is -1.75. The third kappa shape index (κ3) is 3.67. The monoisotopic (exact) mass is 292 g/mol. The van der Waals surface area contributed by atoms with E-state index in [-0.39, 0.29) is 17.7 Å². The fourth-order valence-electron chi connectivity index (χ4n) is 2.79. The van der Waals surface area contributed by atoms with Crippen LogP contribution < -0.4 is 10.1 Å². The molecule has 5 heteroatoms. The second-order valence-corrected chi connectivity index (χ2v) is 5.75. The number of phenolic OH excluding ortho intramolecular Hbond substituents is 1. The Balaban J connectivity index is 2.03. The highest BCUT2D eigenvalue weighted by Crippen LogP contribution is 2.27. The number of likely N-dealkylation sites (N-methyl/N-ethyl adjacent to an activating group) is 1. The van der Waals surface area contributed by atoms with Gasteiger partial charge >= 0.3 is 0 Å². The molecule has 21 heavy (non-hydrogen) atoms. The molecule has 1 aromatic carbocycles. The van der Waals surface area contributed by atoms with Crippen molar-refractivity contribution < 1.29 is 14.6 Å². The van der Waals surface area contributed by atoms with Crippen LogP contribution in [0.1, 0.15) is 25.3 Å². The van der Waals surface area contributed by atoms with Crippen LogP contribution in [0.2, 0.25) is 0 Å². The van der Waals surface area contributed by atoms with Crippen LogP contribution in [0.4, 0.5) is 0 Å². The lowest BCUT2D eigenvalue weighted by atomic mass is 9.92. The molecule has 116 valence electrons. The zero-order valence-corrected chi connectivity index (χ0v) is 12.9. The highest BCUT2D eigenvalue weighted by Gasteiger charge is 2.29. The van der Waals surface area contributed by atoms with Crippen LogP contribution in [0.25, 0.3) is 0 Å². The van der Waals surface area contributed by atoms with Gasteiger partial charge in [-0.05, 0) is 43.0 Å². The predicted molar refractivity (Wildman–Crippen MR) is 81.3 cm³/mol. The van der Waals surface area contributed by atoms with E-state index in [9.17, 15) is 9.90 Å². The third-order valence-corrected chi connectivity index (χ3v) is 4.08. The van der Waals surface area contributed by atoms with E-state index in [4.69, 9.17) is 4.74 Å². The van der Waals surface area contributed by atoms with Crippen LogP contribution in [0.3, 0.4) is 0 Å². The molecule has 1 fully saturated rings. The van der Waals surface area contributed by atoms with E-state index in [0.29, 0.717) is 18.2 Å². The topological polar surface area (TPSA) is 61.8 Å². The fraction of sp³-hybridized carbons (Fsp3) is 0.562. The second kappa shape index (κ2) is 6.80. The first-order valence-corrected chi connectivity index (χ1v) is 7.37. The van der Waals surface area contributed by atoms with E-state index in [2.05, 4.69) is 12.2 Å². The molecule has 0 aliphatic carbocycles. The van der Waals surface area contributed by atoms with Crippen LogP contribution in [-0.4, -0.2) is 42.7 Å². The van der Waals surface area contributed by atoms with Gasteiger partial charge in [-0.15, -0.1) is 0 Å². The first kappa shape index (κ1) is 15.6. The zero-order chi connectivity index (χ0) is 15.4. The van der Waals surface area contributed by atoms with Gasteiger partial charge in [0.1, 0.15) is 0 Å². The lowest BCUT2D eigenvalue weighted by Crippen LogP contribution is -2.51. The molecule has 0 aromatic heterocycles. The Morgan fingerprint density at radius 2 is 2.29 bits per heavy atom. The van der Waals surface area contributed by atoms with Gasteiger partial charge in [-0.2, -0.15) is 0 Å². The number of amides is 1. The predicted octanol–water partition coefficient (Wildman–Crippen LogP) is 1.75. The molecule has 2 unspecified atom stereocenters. The van der Waals surface area contributed by atoms with Gasteiger partial charge in [0.05, 0.1) is 13.2 Å². The summed E-state index contributed by atoms with van der Waals surface area (Å²) in [5, 5.41) is 12.9. The summed E-state index contributed by atoms with van der Waals surface area (Å²) in [6, 6.07) is 5.06. The Bertz CT molecular complexity index is 504. The van der Waals surface area contributed by atoms with Crippen LogP contribution in [0, 0.1) is 5.92 Å². The molecule has 1 saturated heterocycles. The molecule has 1 heterocycles. The number of nitrogens with one attached hydrogen (secondary N) is 1. The minimum absolute atomic E-state index is 0.0947. The summed E-state index contributed by atoms with van der Waals surface area (Å²) in [6.07, 6.45) is 2.22. The summed E-state index contributed by atoms with van der Waals surface area (Å²) in [5.41, 5.74) is 0.934. The molecule has 0 spiro atoms. The molecule has 2 rings (SSSR count). The molecule has 0 bridgehead atoms. The van der Waals surface area contributed by atoms with Crippen LogP contribution in [0.15, 0.2) is 18.2 Å². The maximum Gasteiger partial charge on any atom is 0.240 e. The van der Waals surface area contributed by atoms with Crippen molar-refractivity contribution in [1.29, 1.82) is 0 Å². The van der Waals surface area contributed by atoms with E-state index in [1.807, 2.05) is 7.05 Å². The third-order valence-electron chi connectivity index (χ3n) is 4.08. The van der Waals surface area contributed by atoms with Gasteiger partial charge in [0.25, 0.3) is 0 Å². The van der Waals surface area contributed by atoms with E-state index >= 15 is 0 Å². The number of piperidine rings is 1. The van der Waals surface area contributed by atoms with E-state index < -0.39 is 0 Å². The van der Waals surface area contributed by atoms with Gasteiger partial charge in [0.15, 0.2) is 11.5 Å². The van der Waals surface area contributed by atoms with Gasteiger partial charge in [-0.1, -0.05) is 13.0 Å². The first-order chi connectivity index (χ1) is 10.0. The summed E-state index contributed by atoms with van der Waals surface area (Å²) >= 11 is 0. The van der Waals surface area contributed by atoms with Crippen molar-refractivity contribution >= 4 is 5.91 Å². The molecule has 5 nitrogen and oxygen atoms in total. The number of carbonyl (C=O) groups excluding carboxylic acids is 1. The number of ether oxygens (including phenoxy) is 1. The molecule has 2 N–H and O–H groups in total. The van der Waals surface area contributed by atoms with Crippen molar-refractivity contribution in [3.05, 3.63) is 23.8 Å². The van der Waals surface area contributed by atoms with Crippen molar-refractivity contribution in [2.24, 2.45) is 5.92 Å². The number of aromatic hydroxyl groups is 1. The van der Waals surface area contributed by atoms with Gasteiger partial charge < -0.3 is 20.1 Å². The van der Waals surface area contributed by atoms with Crippen LogP contribution in [-0.2, 0) is 11.3 Å². The van der Waals surface area contributed by atoms with Gasteiger partial charge in [-0.3, -0.25) is 4.79 Å². The number of hydrogen-bond acceptors (Lipinski definition) is 4. The minimum Gasteiger partial charge on any atom is -0.504 e. The summed E-state index contributed by atoms with van der Waals surface area (Å²) in [5.74, 6) is 1.02. The maximum atomic E-state index is 12.5. The van der Waals surface area contributed by atoms with Crippen LogP contribution >= 0.6 is 0 Å². The lowest BCUT2D eigenvalue weighted by molar-refractivity contribution is -0.134. The molecule has 0 radical (unpaired) electrons. The SMILES string of the molecule is COc1cc(CN(C)C(=O)C2NCCCC2C)ccc1O. The smallest absolute Gasteiger partial charge is 0.240 e. The largest absolute Gasteiger partial charge is 0.504 e. The highest BCUT2D eigenvalue weighted by atomic mass is 16.5. The number of benzene rings is 1. The Labute approximate surface area is 125 Å². The molecule has 0 saturated carbocycles. The molecule has 1 aromatic rings.